The van der Waals surface area contributed by atoms with Crippen molar-refractivity contribution >= 4 is 39.2 Å². The van der Waals surface area contributed by atoms with E-state index in [1.54, 1.807) is 30.7 Å². The normalized spacial score (nSPS) is 15.9. The van der Waals surface area contributed by atoms with Crippen LogP contribution >= 0.6 is 11.3 Å². The zero-order chi connectivity index (χ0) is 21.2. The van der Waals surface area contributed by atoms with Gasteiger partial charge in [-0.2, -0.15) is 0 Å². The number of nitrogens with one attached hydrogen (secondary N) is 1. The third-order valence-corrected chi connectivity index (χ3v) is 6.14. The van der Waals surface area contributed by atoms with Gasteiger partial charge in [0.2, 0.25) is 0 Å². The second-order valence-electron chi connectivity index (χ2n) is 7.38. The summed E-state index contributed by atoms with van der Waals surface area (Å²) in [4.78, 5) is 40.6. The van der Waals surface area contributed by atoms with Crippen molar-refractivity contribution in [3.8, 4) is 0 Å². The number of carbonyl (C=O) groups excluding carboxylic acids is 2. The molecule has 8 heteroatoms. The molecule has 0 bridgehead atoms. The van der Waals surface area contributed by atoms with Crippen LogP contribution in [0.5, 0.6) is 0 Å². The molecule has 1 atom stereocenters. The highest BCUT2D eigenvalue weighted by Crippen LogP contribution is 2.30. The number of rotatable bonds is 4. The first-order chi connectivity index (χ1) is 15.2. The fraction of sp³-hybridized carbons (Fsp3) is 0.174. The number of likely N-dealkylation sites (tertiary alicyclic amines) is 1. The smallest absolute Gasteiger partial charge is 0.258 e. The molecule has 4 aromatic rings. The quantitative estimate of drug-likeness (QED) is 0.530. The van der Waals surface area contributed by atoms with Crippen LogP contribution in [-0.2, 0) is 0 Å². The Balaban J connectivity index is 1.44. The minimum Gasteiger partial charge on any atom is -0.338 e. The van der Waals surface area contributed by atoms with Crippen LogP contribution in [0.2, 0.25) is 0 Å². The second kappa shape index (κ2) is 8.23. The highest BCUT2D eigenvalue weighted by molar-refractivity contribution is 7.13. The molecule has 7 nitrogen and oxygen atoms in total. The van der Waals surface area contributed by atoms with Gasteiger partial charge in [0, 0.05) is 59.6 Å². The first-order valence-electron chi connectivity index (χ1n) is 9.99. The Morgan fingerprint density at radius 3 is 2.74 bits per heavy atom. The molecule has 1 N–H and O–H groups in total. The van der Waals surface area contributed by atoms with E-state index in [0.717, 1.165) is 23.0 Å². The molecule has 1 unspecified atom stereocenters. The van der Waals surface area contributed by atoms with Gasteiger partial charge in [0.25, 0.3) is 11.8 Å². The molecule has 0 aliphatic carbocycles. The summed E-state index contributed by atoms with van der Waals surface area (Å²) in [5.41, 5.74) is 2.79. The van der Waals surface area contributed by atoms with E-state index in [-0.39, 0.29) is 17.7 Å². The number of para-hydroxylation sites is 1. The number of aromatic nitrogens is 3. The van der Waals surface area contributed by atoms with Crippen LogP contribution < -0.4 is 5.32 Å². The van der Waals surface area contributed by atoms with Gasteiger partial charge in [0.05, 0.1) is 11.1 Å². The number of hydrogen-bond acceptors (Lipinski definition) is 6. The lowest BCUT2D eigenvalue weighted by atomic mass is 9.99. The lowest BCUT2D eigenvalue weighted by Gasteiger charge is -2.17. The first kappa shape index (κ1) is 19.3. The monoisotopic (exact) mass is 429 g/mol. The van der Waals surface area contributed by atoms with E-state index in [2.05, 4.69) is 15.3 Å². The summed E-state index contributed by atoms with van der Waals surface area (Å²) in [5, 5.41) is 6.04. The summed E-state index contributed by atoms with van der Waals surface area (Å²) in [6.45, 7) is 1.22. The number of thiazole rings is 1. The largest absolute Gasteiger partial charge is 0.338 e. The van der Waals surface area contributed by atoms with Gasteiger partial charge in [-0.05, 0) is 30.7 Å². The van der Waals surface area contributed by atoms with Crippen molar-refractivity contribution in [2.75, 3.05) is 18.4 Å². The third kappa shape index (κ3) is 3.89. The van der Waals surface area contributed by atoms with Crippen molar-refractivity contribution in [2.45, 2.75) is 12.3 Å². The fourth-order valence-electron chi connectivity index (χ4n) is 3.91. The Bertz CT molecular complexity index is 1240. The summed E-state index contributed by atoms with van der Waals surface area (Å²) >= 11 is 1.37. The van der Waals surface area contributed by atoms with E-state index in [1.165, 1.54) is 11.3 Å². The predicted molar refractivity (Wildman–Crippen MR) is 119 cm³/mol. The van der Waals surface area contributed by atoms with Crippen molar-refractivity contribution in [1.82, 2.24) is 19.9 Å². The maximum Gasteiger partial charge on any atom is 0.258 e. The Labute approximate surface area is 182 Å². The minimum atomic E-state index is -0.211. The van der Waals surface area contributed by atoms with Gasteiger partial charge in [0.15, 0.2) is 5.13 Å². The summed E-state index contributed by atoms with van der Waals surface area (Å²) < 4.78 is 0. The Kier molecular flexibility index (Phi) is 5.13. The number of fused-ring (bicyclic) bond motifs is 1. The molecule has 1 fully saturated rings. The van der Waals surface area contributed by atoms with Gasteiger partial charge in [-0.1, -0.05) is 18.2 Å². The maximum atomic E-state index is 13.0. The molecule has 2 amide bonds. The molecule has 3 aromatic heterocycles. The molecule has 0 saturated carbocycles. The van der Waals surface area contributed by atoms with E-state index in [4.69, 9.17) is 4.98 Å². The molecule has 4 heterocycles. The van der Waals surface area contributed by atoms with E-state index in [9.17, 15) is 9.59 Å². The van der Waals surface area contributed by atoms with Crippen LogP contribution in [0.1, 0.15) is 38.7 Å². The number of carbonyl (C=O) groups is 2. The summed E-state index contributed by atoms with van der Waals surface area (Å²) in [6.07, 6.45) is 5.71. The van der Waals surface area contributed by atoms with Gasteiger partial charge in [-0.25, -0.2) is 4.98 Å². The second-order valence-corrected chi connectivity index (χ2v) is 8.27. The highest BCUT2D eigenvalue weighted by atomic mass is 32.1. The fourth-order valence-corrected chi connectivity index (χ4v) is 4.43. The molecule has 0 spiro atoms. The van der Waals surface area contributed by atoms with E-state index in [0.29, 0.717) is 29.3 Å². The van der Waals surface area contributed by atoms with Crippen molar-refractivity contribution in [2.24, 2.45) is 0 Å². The maximum absolute atomic E-state index is 13.0. The van der Waals surface area contributed by atoms with Crippen LogP contribution in [0.25, 0.3) is 10.9 Å². The lowest BCUT2D eigenvalue weighted by molar-refractivity contribution is 0.0790. The first-order valence-corrected chi connectivity index (χ1v) is 10.9. The highest BCUT2D eigenvalue weighted by Gasteiger charge is 2.30. The molecule has 154 valence electrons. The average Bonchev–Trinajstić information content (AvgIpc) is 3.51. The van der Waals surface area contributed by atoms with Crippen LogP contribution in [0.4, 0.5) is 5.13 Å². The van der Waals surface area contributed by atoms with Crippen molar-refractivity contribution in [3.05, 3.63) is 83.3 Å². The van der Waals surface area contributed by atoms with Crippen LogP contribution in [0.15, 0.2) is 66.4 Å². The molecule has 1 aliphatic heterocycles. The lowest BCUT2D eigenvalue weighted by Crippen LogP contribution is -2.28. The van der Waals surface area contributed by atoms with Crippen molar-refractivity contribution < 1.29 is 9.59 Å². The molecule has 1 aromatic carbocycles. The number of pyridine rings is 2. The predicted octanol–water partition coefficient (Wildman–Crippen LogP) is 3.97. The Morgan fingerprint density at radius 2 is 1.94 bits per heavy atom. The minimum absolute atomic E-state index is 0.00701. The average molecular weight is 430 g/mol. The van der Waals surface area contributed by atoms with Crippen molar-refractivity contribution in [3.63, 3.8) is 0 Å². The molecule has 31 heavy (non-hydrogen) atoms. The zero-order valence-corrected chi connectivity index (χ0v) is 17.4. The Hall–Kier alpha value is -3.65. The standard InChI is InChI=1S/C23H19N5O2S/c29-21(27-23-25-10-12-31-23)18-13-20(26-19-4-2-1-3-17(18)19)16-7-11-28(14-16)22(30)15-5-8-24-9-6-15/h1-6,8-10,12-13,16H,7,11,14H2,(H,25,27,29). The number of benzene rings is 1. The number of amides is 2. The van der Waals surface area contributed by atoms with Crippen LogP contribution in [0, 0.1) is 0 Å². The van der Waals surface area contributed by atoms with Gasteiger partial charge in [0.1, 0.15) is 0 Å². The SMILES string of the molecule is O=C(Nc1nccs1)c1cc(C2CCN(C(=O)c3ccncc3)C2)nc2ccccc12. The number of nitrogens with zero attached hydrogens (tertiary/aromatic N) is 4. The van der Waals surface area contributed by atoms with Crippen molar-refractivity contribution in [1.29, 1.82) is 0 Å². The zero-order valence-electron chi connectivity index (χ0n) is 16.6. The number of anilines is 1. The van der Waals surface area contributed by atoms with E-state index >= 15 is 0 Å². The molecule has 1 aliphatic rings. The van der Waals surface area contributed by atoms with Crippen LogP contribution in [-0.4, -0.2) is 44.8 Å². The molecule has 0 radical (unpaired) electrons. The molecular weight excluding hydrogens is 410 g/mol. The summed E-state index contributed by atoms with van der Waals surface area (Å²) in [6, 6.07) is 12.9. The molecule has 5 rings (SSSR count). The van der Waals surface area contributed by atoms with E-state index < -0.39 is 0 Å². The van der Waals surface area contributed by atoms with E-state index in [1.807, 2.05) is 40.6 Å². The Morgan fingerprint density at radius 1 is 1.10 bits per heavy atom. The summed E-state index contributed by atoms with van der Waals surface area (Å²) in [5.74, 6) is -0.147. The number of hydrogen-bond donors (Lipinski definition) is 1. The van der Waals surface area contributed by atoms with Gasteiger partial charge in [-0.3, -0.25) is 24.9 Å². The van der Waals surface area contributed by atoms with Crippen LogP contribution in [0.3, 0.4) is 0 Å². The van der Waals surface area contributed by atoms with Gasteiger partial charge < -0.3 is 4.90 Å². The van der Waals surface area contributed by atoms with Gasteiger partial charge >= 0.3 is 0 Å². The molecular formula is C23H19N5O2S. The van der Waals surface area contributed by atoms with Gasteiger partial charge in [-0.15, -0.1) is 11.3 Å². The molecule has 1 saturated heterocycles. The topological polar surface area (TPSA) is 88.1 Å². The third-order valence-electron chi connectivity index (χ3n) is 5.45. The summed E-state index contributed by atoms with van der Waals surface area (Å²) in [7, 11) is 0.